The fourth-order valence-electron chi connectivity index (χ4n) is 1.15. The van der Waals surface area contributed by atoms with Crippen LogP contribution in [-0.4, -0.2) is 29.2 Å². The molecule has 2 aliphatic rings. The van der Waals surface area contributed by atoms with E-state index < -0.39 is 5.50 Å². The molecule has 13 heavy (non-hydrogen) atoms. The van der Waals surface area contributed by atoms with E-state index >= 15 is 0 Å². The molecule has 1 amide bonds. The van der Waals surface area contributed by atoms with Gasteiger partial charge in [0.25, 0.3) is 5.91 Å². The zero-order chi connectivity index (χ0) is 9.42. The van der Waals surface area contributed by atoms with Gasteiger partial charge in [-0.25, -0.2) is 4.99 Å². The average molecular weight is 196 g/mol. The molecule has 0 aliphatic carbocycles. The lowest BCUT2D eigenvalue weighted by atomic mass is 10.1. The lowest BCUT2D eigenvalue weighted by Gasteiger charge is -2.13. The van der Waals surface area contributed by atoms with E-state index in [1.54, 1.807) is 13.0 Å². The molecule has 2 heterocycles. The summed E-state index contributed by atoms with van der Waals surface area (Å²) in [6.07, 6.45) is 3.06. The molecule has 0 fully saturated rings. The molecule has 0 aromatic heterocycles. The minimum atomic E-state index is -0.480. The first-order chi connectivity index (χ1) is 6.16. The van der Waals surface area contributed by atoms with Gasteiger partial charge in [0.15, 0.2) is 0 Å². The van der Waals surface area contributed by atoms with Crippen molar-refractivity contribution in [2.24, 2.45) is 15.0 Å². The van der Waals surface area contributed by atoms with E-state index in [1.807, 2.05) is 0 Å². The van der Waals surface area contributed by atoms with Gasteiger partial charge in [-0.2, -0.15) is 4.99 Å². The normalized spacial score (nSPS) is 26.2. The minimum Gasteiger partial charge on any atom is -0.267 e. The summed E-state index contributed by atoms with van der Waals surface area (Å²) >= 11 is 5.71. The lowest BCUT2D eigenvalue weighted by Crippen LogP contribution is -2.23. The maximum Gasteiger partial charge on any atom is 0.280 e. The summed E-state index contributed by atoms with van der Waals surface area (Å²) in [6.45, 7) is 1.67. The van der Waals surface area contributed by atoms with Crippen LogP contribution in [0.25, 0.3) is 0 Å². The number of aliphatic imine (C=N–C) groups is 3. The van der Waals surface area contributed by atoms with Crippen molar-refractivity contribution < 1.29 is 4.79 Å². The monoisotopic (exact) mass is 195 g/mol. The van der Waals surface area contributed by atoms with Crippen LogP contribution in [0, 0.1) is 0 Å². The highest BCUT2D eigenvalue weighted by Gasteiger charge is 2.22. The van der Waals surface area contributed by atoms with Crippen LogP contribution in [0.15, 0.2) is 26.6 Å². The second-order valence-corrected chi connectivity index (χ2v) is 3.14. The van der Waals surface area contributed by atoms with Gasteiger partial charge in [0.2, 0.25) is 0 Å². The van der Waals surface area contributed by atoms with Crippen LogP contribution in [0.3, 0.4) is 0 Å². The number of amidine groups is 1. The second-order valence-electron chi connectivity index (χ2n) is 2.69. The maximum absolute atomic E-state index is 11.3. The number of hydrogen-bond acceptors (Lipinski definition) is 3. The van der Waals surface area contributed by atoms with E-state index in [9.17, 15) is 4.79 Å². The number of halogens is 1. The molecule has 1 atom stereocenters. The molecule has 66 valence electrons. The molecule has 0 spiro atoms. The highest BCUT2D eigenvalue weighted by molar-refractivity contribution is 6.50. The number of amides is 1. The Morgan fingerprint density at radius 2 is 2.23 bits per heavy atom. The fourth-order valence-corrected chi connectivity index (χ4v) is 1.34. The highest BCUT2D eigenvalue weighted by atomic mass is 35.5. The van der Waals surface area contributed by atoms with Crippen molar-refractivity contribution in [3.63, 3.8) is 0 Å². The minimum absolute atomic E-state index is 0.292. The van der Waals surface area contributed by atoms with Crippen molar-refractivity contribution in [3.05, 3.63) is 11.6 Å². The van der Waals surface area contributed by atoms with Crippen molar-refractivity contribution in [1.82, 2.24) is 0 Å². The van der Waals surface area contributed by atoms with Gasteiger partial charge in [0.1, 0.15) is 11.3 Å². The summed E-state index contributed by atoms with van der Waals surface area (Å²) in [5.74, 6) is 0.163. The van der Waals surface area contributed by atoms with Crippen LogP contribution in [-0.2, 0) is 4.79 Å². The van der Waals surface area contributed by atoms with E-state index in [0.717, 1.165) is 0 Å². The molecule has 1 unspecified atom stereocenters. The second kappa shape index (κ2) is 2.88. The third-order valence-electron chi connectivity index (χ3n) is 1.70. The van der Waals surface area contributed by atoms with E-state index in [-0.39, 0.29) is 5.91 Å². The maximum atomic E-state index is 11.3. The van der Waals surface area contributed by atoms with Crippen molar-refractivity contribution in [3.8, 4) is 0 Å². The van der Waals surface area contributed by atoms with Gasteiger partial charge < -0.3 is 0 Å². The van der Waals surface area contributed by atoms with Crippen LogP contribution in [0.1, 0.15) is 6.92 Å². The molecule has 0 N–H and O–H groups in total. The first-order valence-corrected chi connectivity index (χ1v) is 4.18. The quantitative estimate of drug-likeness (QED) is 0.420. The summed E-state index contributed by atoms with van der Waals surface area (Å²) in [7, 11) is 0. The van der Waals surface area contributed by atoms with Gasteiger partial charge in [0, 0.05) is 0 Å². The van der Waals surface area contributed by atoms with Gasteiger partial charge in [0.05, 0.1) is 17.5 Å². The predicted molar refractivity (Wildman–Crippen MR) is 51.8 cm³/mol. The largest absolute Gasteiger partial charge is 0.280 e. The van der Waals surface area contributed by atoms with Crippen LogP contribution < -0.4 is 0 Å². The number of carbonyl (C=O) groups excluding carboxylic acids is 1. The van der Waals surface area contributed by atoms with Gasteiger partial charge in [-0.3, -0.25) is 9.79 Å². The van der Waals surface area contributed by atoms with Gasteiger partial charge in [-0.15, -0.1) is 0 Å². The van der Waals surface area contributed by atoms with Gasteiger partial charge >= 0.3 is 0 Å². The number of hydrogen-bond donors (Lipinski definition) is 0. The number of carbonyl (C=O) groups is 1. The molecule has 0 saturated carbocycles. The molecule has 0 saturated heterocycles. The van der Waals surface area contributed by atoms with Crippen LogP contribution in [0.2, 0.25) is 0 Å². The average Bonchev–Trinajstić information content (AvgIpc) is 2.06. The number of rotatable bonds is 0. The Morgan fingerprint density at radius 3 is 3.00 bits per heavy atom. The number of fused-ring (bicyclic) bond motifs is 1. The summed E-state index contributed by atoms with van der Waals surface area (Å²) < 4.78 is 0. The zero-order valence-corrected chi connectivity index (χ0v) is 7.62. The molecule has 2 aliphatic heterocycles. The van der Waals surface area contributed by atoms with Crippen LogP contribution in [0.4, 0.5) is 0 Å². The van der Waals surface area contributed by atoms with Crippen molar-refractivity contribution in [2.45, 2.75) is 12.4 Å². The molecule has 5 heteroatoms. The van der Waals surface area contributed by atoms with Crippen LogP contribution in [0.5, 0.6) is 0 Å². The molecular formula is C8H6ClN3O. The number of dihydropyridines is 1. The standard InChI is InChI=1S/C8H6ClN3O/c1-4-11-6-3-10-7(9)2-5(6)8(13)12-4/h2-3,7H,1H3. The number of alkyl halides is 1. The number of nitrogens with zero attached hydrogens (tertiary/aromatic N) is 3. The van der Waals surface area contributed by atoms with Gasteiger partial charge in [-0.1, -0.05) is 11.6 Å². The summed E-state index contributed by atoms with van der Waals surface area (Å²) in [5.41, 5.74) is 0.515. The molecule has 0 radical (unpaired) electrons. The fraction of sp³-hybridized carbons (Fsp3) is 0.250. The molecule has 0 bridgehead atoms. The Kier molecular flexibility index (Phi) is 1.84. The van der Waals surface area contributed by atoms with E-state index in [0.29, 0.717) is 17.1 Å². The van der Waals surface area contributed by atoms with Crippen LogP contribution >= 0.6 is 11.6 Å². The Bertz CT molecular complexity index is 392. The van der Waals surface area contributed by atoms with E-state index in [2.05, 4.69) is 15.0 Å². The summed E-state index contributed by atoms with van der Waals surface area (Å²) in [4.78, 5) is 23.0. The molecule has 0 aromatic rings. The first kappa shape index (κ1) is 8.31. The first-order valence-electron chi connectivity index (χ1n) is 3.74. The van der Waals surface area contributed by atoms with Crippen molar-refractivity contribution in [2.75, 3.05) is 0 Å². The van der Waals surface area contributed by atoms with Crippen molar-refractivity contribution in [1.29, 1.82) is 0 Å². The van der Waals surface area contributed by atoms with E-state index in [4.69, 9.17) is 11.6 Å². The Balaban J connectivity index is 2.48. The molecule has 4 nitrogen and oxygen atoms in total. The molecular weight excluding hydrogens is 190 g/mol. The van der Waals surface area contributed by atoms with E-state index in [1.165, 1.54) is 6.21 Å². The zero-order valence-electron chi connectivity index (χ0n) is 6.86. The summed E-state index contributed by atoms with van der Waals surface area (Å²) in [6, 6.07) is 0. The van der Waals surface area contributed by atoms with Crippen molar-refractivity contribution >= 4 is 35.3 Å². The summed E-state index contributed by atoms with van der Waals surface area (Å²) in [5, 5.41) is 0. The predicted octanol–water partition coefficient (Wildman–Crippen LogP) is 0.962. The third kappa shape index (κ3) is 1.45. The third-order valence-corrected chi connectivity index (χ3v) is 1.93. The topological polar surface area (TPSA) is 54.1 Å². The smallest absolute Gasteiger partial charge is 0.267 e. The Morgan fingerprint density at radius 1 is 1.46 bits per heavy atom. The Hall–Kier alpha value is -1.29. The molecule has 2 rings (SSSR count). The Labute approximate surface area is 79.7 Å². The van der Waals surface area contributed by atoms with Gasteiger partial charge in [-0.05, 0) is 13.0 Å². The SMILES string of the molecule is CC1=NC(=O)C2=CC(Cl)N=CC2=N1. The lowest BCUT2D eigenvalue weighted by molar-refractivity contribution is -0.113. The highest BCUT2D eigenvalue weighted by Crippen LogP contribution is 2.15. The molecule has 0 aromatic carbocycles.